The van der Waals surface area contributed by atoms with E-state index in [1.165, 1.54) is 4.70 Å². The number of nitrogens with zero attached hydrogens (tertiary/aromatic N) is 4. The minimum atomic E-state index is -2.85. The second-order valence-electron chi connectivity index (χ2n) is 9.07. The number of benzene rings is 1. The van der Waals surface area contributed by atoms with Crippen LogP contribution in [0.15, 0.2) is 24.3 Å². The summed E-state index contributed by atoms with van der Waals surface area (Å²) in [5.41, 5.74) is 1.05. The van der Waals surface area contributed by atoms with E-state index >= 15 is 0 Å². The highest BCUT2D eigenvalue weighted by Gasteiger charge is 2.34. The number of piperazine rings is 1. The summed E-state index contributed by atoms with van der Waals surface area (Å²) in [6, 6.07) is 8.41. The summed E-state index contributed by atoms with van der Waals surface area (Å²) < 4.78 is 24.7. The fourth-order valence-corrected chi connectivity index (χ4v) is 7.97. The number of carbonyl (C=O) groups is 1. The summed E-state index contributed by atoms with van der Waals surface area (Å²) >= 11 is 1.76. The number of carbonyl (C=O) groups excluding carboxylic acids is 1. The summed E-state index contributed by atoms with van der Waals surface area (Å²) in [5.74, 6) is 1.16. The minimum Gasteiger partial charge on any atom is -0.341 e. The van der Waals surface area contributed by atoms with Gasteiger partial charge in [0, 0.05) is 51.2 Å². The first-order chi connectivity index (χ1) is 15.0. The summed E-state index contributed by atoms with van der Waals surface area (Å²) in [6.07, 6.45) is 2.87. The zero-order valence-electron chi connectivity index (χ0n) is 17.8. The third kappa shape index (κ3) is 4.79. The lowest BCUT2D eigenvalue weighted by molar-refractivity contribution is -0.134. The van der Waals surface area contributed by atoms with Crippen molar-refractivity contribution < 1.29 is 13.2 Å². The molecule has 7 nitrogen and oxygen atoms in total. The van der Waals surface area contributed by atoms with E-state index in [0.29, 0.717) is 24.0 Å². The van der Waals surface area contributed by atoms with Crippen LogP contribution in [0.25, 0.3) is 10.2 Å². The number of rotatable bonds is 4. The molecule has 0 bridgehead atoms. The number of hydrogen-bond donors (Lipinski definition) is 0. The molecular formula is C22H30N4O3S2. The van der Waals surface area contributed by atoms with Gasteiger partial charge in [-0.1, -0.05) is 12.1 Å². The van der Waals surface area contributed by atoms with Gasteiger partial charge in [-0.25, -0.2) is 13.4 Å². The number of aromatic nitrogens is 1. The number of sulfone groups is 1. The van der Waals surface area contributed by atoms with Crippen molar-refractivity contribution in [2.45, 2.75) is 31.2 Å². The number of thiazole rings is 1. The average molecular weight is 463 g/mol. The SMILES string of the molecule is O=C(CN1CCN([C@H]2CCS(=O)(=O)C2)CC1)N1CCC[C@@H](c2nc3ccccc3s2)C1. The molecule has 3 saturated heterocycles. The molecule has 1 amide bonds. The molecule has 3 aliphatic heterocycles. The predicted octanol–water partition coefficient (Wildman–Crippen LogP) is 1.81. The smallest absolute Gasteiger partial charge is 0.236 e. The highest BCUT2D eigenvalue weighted by Crippen LogP contribution is 2.33. The van der Waals surface area contributed by atoms with E-state index in [9.17, 15) is 13.2 Å². The Hall–Kier alpha value is -1.55. The first-order valence-corrected chi connectivity index (χ1v) is 13.9. The van der Waals surface area contributed by atoms with Crippen LogP contribution in [0.1, 0.15) is 30.2 Å². The summed E-state index contributed by atoms with van der Waals surface area (Å²) in [6.45, 7) is 5.42. The van der Waals surface area contributed by atoms with Crippen molar-refractivity contribution in [3.8, 4) is 0 Å². The molecule has 168 valence electrons. The van der Waals surface area contributed by atoms with Gasteiger partial charge in [0.15, 0.2) is 9.84 Å². The topological polar surface area (TPSA) is 73.8 Å². The Kier molecular flexibility index (Phi) is 6.02. The van der Waals surface area contributed by atoms with Gasteiger partial charge >= 0.3 is 0 Å². The lowest BCUT2D eigenvalue weighted by Gasteiger charge is -2.39. The Morgan fingerprint density at radius 2 is 1.90 bits per heavy atom. The van der Waals surface area contributed by atoms with E-state index in [4.69, 9.17) is 4.98 Å². The Bertz CT molecular complexity index is 1010. The largest absolute Gasteiger partial charge is 0.341 e. The summed E-state index contributed by atoms with van der Waals surface area (Å²) in [7, 11) is -2.85. The lowest BCUT2D eigenvalue weighted by atomic mass is 9.98. The molecule has 3 aliphatic rings. The molecule has 2 aromatic rings. The van der Waals surface area contributed by atoms with Crippen molar-refractivity contribution >= 4 is 37.3 Å². The van der Waals surface area contributed by atoms with Crippen LogP contribution >= 0.6 is 11.3 Å². The maximum atomic E-state index is 13.0. The van der Waals surface area contributed by atoms with Crippen LogP contribution in [0, 0.1) is 0 Å². The fourth-order valence-electron chi connectivity index (χ4n) is 5.11. The van der Waals surface area contributed by atoms with Gasteiger partial charge in [0.25, 0.3) is 0 Å². The third-order valence-corrected chi connectivity index (χ3v) is 9.87. The molecule has 0 aliphatic carbocycles. The molecule has 4 heterocycles. The van der Waals surface area contributed by atoms with Crippen LogP contribution in [0.3, 0.4) is 0 Å². The summed E-state index contributed by atoms with van der Waals surface area (Å²) in [4.78, 5) is 24.4. The van der Waals surface area contributed by atoms with Crippen LogP contribution in [-0.4, -0.2) is 97.4 Å². The van der Waals surface area contributed by atoms with Crippen molar-refractivity contribution in [1.29, 1.82) is 0 Å². The van der Waals surface area contributed by atoms with Crippen molar-refractivity contribution in [3.63, 3.8) is 0 Å². The van der Waals surface area contributed by atoms with E-state index in [2.05, 4.69) is 21.9 Å². The second-order valence-corrected chi connectivity index (χ2v) is 12.4. The Morgan fingerprint density at radius 3 is 2.65 bits per heavy atom. The van der Waals surface area contributed by atoms with Gasteiger partial charge in [-0.05, 0) is 31.4 Å². The predicted molar refractivity (Wildman–Crippen MR) is 123 cm³/mol. The van der Waals surface area contributed by atoms with Gasteiger partial charge in [0.2, 0.25) is 5.91 Å². The van der Waals surface area contributed by atoms with Gasteiger partial charge in [-0.3, -0.25) is 14.6 Å². The maximum Gasteiger partial charge on any atom is 0.236 e. The van der Waals surface area contributed by atoms with E-state index in [-0.39, 0.29) is 11.9 Å². The summed E-state index contributed by atoms with van der Waals surface area (Å²) in [5, 5.41) is 1.15. The number of piperidine rings is 1. The first-order valence-electron chi connectivity index (χ1n) is 11.3. The van der Waals surface area contributed by atoms with Crippen molar-refractivity contribution in [1.82, 2.24) is 19.7 Å². The molecule has 0 unspecified atom stereocenters. The van der Waals surface area contributed by atoms with E-state index < -0.39 is 9.84 Å². The van der Waals surface area contributed by atoms with E-state index in [0.717, 1.165) is 69.1 Å². The third-order valence-electron chi connectivity index (χ3n) is 6.92. The Balaban J connectivity index is 1.14. The van der Waals surface area contributed by atoms with E-state index in [1.54, 1.807) is 11.3 Å². The number of hydrogen-bond acceptors (Lipinski definition) is 7. The monoisotopic (exact) mass is 462 g/mol. The second kappa shape index (κ2) is 8.77. The fraction of sp³-hybridized carbons (Fsp3) is 0.636. The number of likely N-dealkylation sites (tertiary alicyclic amines) is 1. The van der Waals surface area contributed by atoms with Gasteiger partial charge in [-0.2, -0.15) is 0 Å². The van der Waals surface area contributed by atoms with Crippen molar-refractivity contribution in [3.05, 3.63) is 29.3 Å². The number of para-hydroxylation sites is 1. The van der Waals surface area contributed by atoms with Gasteiger partial charge < -0.3 is 4.90 Å². The molecule has 1 aromatic heterocycles. The molecule has 0 N–H and O–H groups in total. The molecule has 9 heteroatoms. The first kappa shape index (κ1) is 21.3. The molecule has 0 saturated carbocycles. The zero-order valence-corrected chi connectivity index (χ0v) is 19.4. The molecular weight excluding hydrogens is 432 g/mol. The highest BCUT2D eigenvalue weighted by molar-refractivity contribution is 7.91. The maximum absolute atomic E-state index is 13.0. The molecule has 0 radical (unpaired) electrons. The van der Waals surface area contributed by atoms with Crippen LogP contribution in [0.5, 0.6) is 0 Å². The number of amides is 1. The van der Waals surface area contributed by atoms with Crippen LogP contribution in [-0.2, 0) is 14.6 Å². The lowest BCUT2D eigenvalue weighted by Crippen LogP contribution is -2.53. The van der Waals surface area contributed by atoms with Crippen LogP contribution < -0.4 is 0 Å². The quantitative estimate of drug-likeness (QED) is 0.690. The normalized spacial score (nSPS) is 27.7. The van der Waals surface area contributed by atoms with Gasteiger partial charge in [0.1, 0.15) is 0 Å². The van der Waals surface area contributed by atoms with Gasteiger partial charge in [0.05, 0.1) is 33.3 Å². The molecule has 2 atom stereocenters. The molecule has 0 spiro atoms. The van der Waals surface area contributed by atoms with Crippen LogP contribution in [0.4, 0.5) is 0 Å². The van der Waals surface area contributed by atoms with Gasteiger partial charge in [-0.15, -0.1) is 11.3 Å². The van der Waals surface area contributed by atoms with Crippen molar-refractivity contribution in [2.24, 2.45) is 0 Å². The van der Waals surface area contributed by atoms with Crippen molar-refractivity contribution in [2.75, 3.05) is 57.3 Å². The Morgan fingerprint density at radius 1 is 1.10 bits per heavy atom. The van der Waals surface area contributed by atoms with Crippen LogP contribution in [0.2, 0.25) is 0 Å². The number of fused-ring (bicyclic) bond motifs is 1. The molecule has 31 heavy (non-hydrogen) atoms. The minimum absolute atomic E-state index is 0.166. The molecule has 5 rings (SSSR count). The zero-order chi connectivity index (χ0) is 21.4. The van der Waals surface area contributed by atoms with E-state index in [1.807, 2.05) is 17.0 Å². The average Bonchev–Trinajstić information content (AvgIpc) is 3.37. The molecule has 1 aromatic carbocycles. The Labute approximate surface area is 187 Å². The highest BCUT2D eigenvalue weighted by atomic mass is 32.2. The standard InChI is InChI=1S/C22H30N4O3S2/c27-21(15-24-9-11-25(12-10-24)18-7-13-31(28,29)16-18)26-8-3-4-17(14-26)22-23-19-5-1-2-6-20(19)30-22/h1-2,5-6,17-18H,3-4,7-16H2/t17-,18+/m1/s1. The molecule has 3 fully saturated rings.